The molecule has 0 atom stereocenters. The quantitative estimate of drug-likeness (QED) is 0.892. The molecule has 2 aromatic carbocycles. The van der Waals surface area contributed by atoms with Gasteiger partial charge < -0.3 is 10.6 Å². The molecule has 0 aliphatic heterocycles. The number of halogens is 1. The van der Waals surface area contributed by atoms with Crippen LogP contribution in [0, 0.1) is 0 Å². The minimum atomic E-state index is 0.559. The number of anilines is 1. The Kier molecular flexibility index (Phi) is 5.21. The summed E-state index contributed by atoms with van der Waals surface area (Å²) < 4.78 is 1.07. The Balaban J connectivity index is 2.10. The highest BCUT2D eigenvalue weighted by molar-refractivity contribution is 9.10. The van der Waals surface area contributed by atoms with Gasteiger partial charge in [0.1, 0.15) is 0 Å². The molecule has 0 radical (unpaired) electrons. The summed E-state index contributed by atoms with van der Waals surface area (Å²) in [4.78, 5) is 2.24. The van der Waals surface area contributed by atoms with Crippen LogP contribution in [0.25, 0.3) is 0 Å². The first kappa shape index (κ1) is 15.1. The molecule has 0 aliphatic carbocycles. The van der Waals surface area contributed by atoms with Crippen LogP contribution in [0.4, 0.5) is 5.69 Å². The van der Waals surface area contributed by atoms with Crippen LogP contribution in [0.5, 0.6) is 0 Å². The number of hydrogen-bond acceptors (Lipinski definition) is 2. The van der Waals surface area contributed by atoms with E-state index in [0.29, 0.717) is 6.54 Å². The second-order valence-corrected chi connectivity index (χ2v) is 5.86. The van der Waals surface area contributed by atoms with Crippen LogP contribution in [0.15, 0.2) is 46.9 Å². The van der Waals surface area contributed by atoms with Gasteiger partial charge in [0.25, 0.3) is 0 Å². The number of nitrogens with zero attached hydrogens (tertiary/aromatic N) is 1. The van der Waals surface area contributed by atoms with E-state index in [4.69, 9.17) is 5.73 Å². The lowest BCUT2D eigenvalue weighted by Crippen LogP contribution is -2.16. The first-order valence-electron chi connectivity index (χ1n) is 6.91. The molecule has 2 aromatic rings. The molecule has 0 saturated carbocycles. The zero-order valence-corrected chi connectivity index (χ0v) is 13.7. The molecule has 0 heterocycles. The lowest BCUT2D eigenvalue weighted by Gasteiger charge is -2.20. The number of rotatable bonds is 5. The maximum Gasteiger partial charge on any atom is 0.0426 e. The molecule has 20 heavy (non-hydrogen) atoms. The van der Waals surface area contributed by atoms with Crippen molar-refractivity contribution in [1.82, 2.24) is 0 Å². The van der Waals surface area contributed by atoms with E-state index in [9.17, 15) is 0 Å². The molecule has 0 aromatic heterocycles. The molecule has 0 saturated heterocycles. The van der Waals surface area contributed by atoms with Gasteiger partial charge in [-0.15, -0.1) is 0 Å². The molecule has 0 bridgehead atoms. The lowest BCUT2D eigenvalue weighted by atomic mass is 10.1. The van der Waals surface area contributed by atoms with E-state index >= 15 is 0 Å². The summed E-state index contributed by atoms with van der Waals surface area (Å²) >= 11 is 3.57. The molecule has 0 amide bonds. The van der Waals surface area contributed by atoms with Crippen molar-refractivity contribution >= 4 is 21.6 Å². The Hall–Kier alpha value is -1.32. The van der Waals surface area contributed by atoms with E-state index < -0.39 is 0 Å². The molecule has 0 spiro atoms. The van der Waals surface area contributed by atoms with Crippen molar-refractivity contribution in [3.05, 3.63) is 63.6 Å². The summed E-state index contributed by atoms with van der Waals surface area (Å²) in [5.41, 5.74) is 10.7. The summed E-state index contributed by atoms with van der Waals surface area (Å²) in [6.07, 6.45) is 1.09. The largest absolute Gasteiger partial charge is 0.370 e. The van der Waals surface area contributed by atoms with Crippen LogP contribution >= 0.6 is 15.9 Å². The van der Waals surface area contributed by atoms with Crippen molar-refractivity contribution in [2.45, 2.75) is 26.4 Å². The van der Waals surface area contributed by atoms with Gasteiger partial charge in [0.2, 0.25) is 0 Å². The maximum atomic E-state index is 5.68. The Morgan fingerprint density at radius 2 is 1.70 bits per heavy atom. The van der Waals surface area contributed by atoms with Gasteiger partial charge >= 0.3 is 0 Å². The Bertz CT molecular complexity index is 564. The number of aryl methyl sites for hydroxylation is 1. The van der Waals surface area contributed by atoms with Crippen LogP contribution in [-0.4, -0.2) is 7.05 Å². The zero-order chi connectivity index (χ0) is 14.5. The monoisotopic (exact) mass is 332 g/mol. The second-order valence-electron chi connectivity index (χ2n) is 5.01. The summed E-state index contributed by atoms with van der Waals surface area (Å²) in [5, 5.41) is 0. The number of benzene rings is 2. The van der Waals surface area contributed by atoms with E-state index in [2.05, 4.69) is 77.3 Å². The number of nitrogens with two attached hydrogens (primary N) is 1. The zero-order valence-electron chi connectivity index (χ0n) is 12.1. The van der Waals surface area contributed by atoms with Gasteiger partial charge in [-0.05, 0) is 35.2 Å². The molecule has 0 fully saturated rings. The predicted molar refractivity (Wildman–Crippen MR) is 90.0 cm³/mol. The van der Waals surface area contributed by atoms with Crippen molar-refractivity contribution in [2.24, 2.45) is 5.73 Å². The molecular weight excluding hydrogens is 312 g/mol. The van der Waals surface area contributed by atoms with Gasteiger partial charge in [-0.25, -0.2) is 0 Å². The summed E-state index contributed by atoms with van der Waals surface area (Å²) in [7, 11) is 2.11. The molecule has 0 unspecified atom stereocenters. The fourth-order valence-corrected chi connectivity index (χ4v) is 2.71. The predicted octanol–water partition coefficient (Wildman–Crippen LogP) is 4.11. The first-order chi connectivity index (χ1) is 9.63. The maximum absolute atomic E-state index is 5.68. The topological polar surface area (TPSA) is 29.3 Å². The second kappa shape index (κ2) is 6.91. The van der Waals surface area contributed by atoms with Crippen LogP contribution in [0.3, 0.4) is 0 Å². The molecule has 2 nitrogen and oxygen atoms in total. The standard InChI is InChI=1S/C17H21BrN2/c1-3-13-4-6-14(7-5-13)12-20(2)16-9-8-15(11-19)17(18)10-16/h4-10H,3,11-12,19H2,1-2H3. The fraction of sp³-hybridized carbons (Fsp3) is 0.294. The third-order valence-electron chi connectivity index (χ3n) is 3.55. The Morgan fingerprint density at radius 3 is 2.25 bits per heavy atom. The van der Waals surface area contributed by atoms with Crippen molar-refractivity contribution in [3.8, 4) is 0 Å². The lowest BCUT2D eigenvalue weighted by molar-refractivity contribution is 0.918. The van der Waals surface area contributed by atoms with Gasteiger partial charge in [0.15, 0.2) is 0 Å². The molecule has 2 rings (SSSR count). The van der Waals surface area contributed by atoms with Gasteiger partial charge in [0, 0.05) is 30.3 Å². The first-order valence-corrected chi connectivity index (χ1v) is 7.70. The Morgan fingerprint density at radius 1 is 1.05 bits per heavy atom. The van der Waals surface area contributed by atoms with Crippen molar-refractivity contribution in [1.29, 1.82) is 0 Å². The molecule has 3 heteroatoms. The SMILES string of the molecule is CCc1ccc(CN(C)c2ccc(CN)c(Br)c2)cc1. The van der Waals surface area contributed by atoms with Crippen molar-refractivity contribution < 1.29 is 0 Å². The van der Waals surface area contributed by atoms with Crippen LogP contribution in [-0.2, 0) is 19.5 Å². The number of hydrogen-bond donors (Lipinski definition) is 1. The van der Waals surface area contributed by atoms with Crippen molar-refractivity contribution in [3.63, 3.8) is 0 Å². The summed E-state index contributed by atoms with van der Waals surface area (Å²) in [6.45, 7) is 3.64. The van der Waals surface area contributed by atoms with Crippen LogP contribution in [0.1, 0.15) is 23.6 Å². The van der Waals surface area contributed by atoms with Gasteiger partial charge in [-0.1, -0.05) is 53.2 Å². The molecular formula is C17H21BrN2. The van der Waals surface area contributed by atoms with E-state index in [1.807, 2.05) is 0 Å². The van der Waals surface area contributed by atoms with Crippen molar-refractivity contribution in [2.75, 3.05) is 11.9 Å². The highest BCUT2D eigenvalue weighted by Crippen LogP contribution is 2.24. The van der Waals surface area contributed by atoms with E-state index in [1.54, 1.807) is 0 Å². The highest BCUT2D eigenvalue weighted by Gasteiger charge is 2.05. The minimum Gasteiger partial charge on any atom is -0.370 e. The third-order valence-corrected chi connectivity index (χ3v) is 4.29. The average molecular weight is 333 g/mol. The third kappa shape index (κ3) is 3.62. The molecule has 106 valence electrons. The van der Waals surface area contributed by atoms with E-state index in [1.165, 1.54) is 16.8 Å². The smallest absolute Gasteiger partial charge is 0.0426 e. The van der Waals surface area contributed by atoms with Gasteiger partial charge in [-0.3, -0.25) is 0 Å². The molecule has 0 aliphatic rings. The fourth-order valence-electron chi connectivity index (χ4n) is 2.18. The van der Waals surface area contributed by atoms with Crippen LogP contribution in [0.2, 0.25) is 0 Å². The van der Waals surface area contributed by atoms with Gasteiger partial charge in [-0.2, -0.15) is 0 Å². The summed E-state index contributed by atoms with van der Waals surface area (Å²) in [6, 6.07) is 15.1. The van der Waals surface area contributed by atoms with Gasteiger partial charge in [0.05, 0.1) is 0 Å². The van der Waals surface area contributed by atoms with E-state index in [-0.39, 0.29) is 0 Å². The molecule has 2 N–H and O–H groups in total. The minimum absolute atomic E-state index is 0.559. The normalized spacial score (nSPS) is 10.6. The van der Waals surface area contributed by atoms with Crippen LogP contribution < -0.4 is 10.6 Å². The van der Waals surface area contributed by atoms with E-state index in [0.717, 1.165) is 23.0 Å². The Labute approximate surface area is 129 Å². The highest BCUT2D eigenvalue weighted by atomic mass is 79.9. The summed E-state index contributed by atoms with van der Waals surface area (Å²) in [5.74, 6) is 0. The average Bonchev–Trinajstić information content (AvgIpc) is 2.48.